The van der Waals surface area contributed by atoms with E-state index in [1.807, 2.05) is 6.92 Å². The third kappa shape index (κ3) is 2.36. The van der Waals surface area contributed by atoms with Crippen LogP contribution in [0.5, 0.6) is 0 Å². The number of hydrogen-bond donors (Lipinski definition) is 1. The van der Waals surface area contributed by atoms with Crippen molar-refractivity contribution in [2.24, 2.45) is 9.81 Å². The Bertz CT molecular complexity index is 99.6. The topological polar surface area (TPSA) is 12.4 Å². The molecule has 0 saturated heterocycles. The quantitative estimate of drug-likeness (QED) is 0.383. The fourth-order valence-electron chi connectivity index (χ4n) is 0.150. The van der Waals surface area contributed by atoms with Crippen molar-refractivity contribution < 1.29 is 0 Å². The maximum absolute atomic E-state index is 3.80. The summed E-state index contributed by atoms with van der Waals surface area (Å²) in [6.07, 6.45) is 0. The van der Waals surface area contributed by atoms with Gasteiger partial charge in [0.2, 0.25) is 0 Å². The minimum atomic E-state index is 0.182. The van der Waals surface area contributed by atoms with Crippen LogP contribution < -0.4 is 0 Å². The second-order valence-corrected chi connectivity index (χ2v) is 3.14. The second kappa shape index (κ2) is 2.53. The lowest BCUT2D eigenvalue weighted by molar-refractivity contribution is 0.590. The number of nitrogens with zero attached hydrogens (tertiary/aromatic N) is 1. The molecule has 0 saturated carbocycles. The summed E-state index contributed by atoms with van der Waals surface area (Å²) in [6, 6.07) is 0. The van der Waals surface area contributed by atoms with Crippen molar-refractivity contribution in [2.75, 3.05) is 0 Å². The Kier molecular flexibility index (Phi) is 2.54. The molecule has 0 rings (SSSR count). The van der Waals surface area contributed by atoms with E-state index in [0.717, 1.165) is 5.71 Å². The number of thiol groups is 1. The first-order valence-electron chi connectivity index (χ1n) is 2.67. The highest BCUT2D eigenvalue weighted by Gasteiger charge is 2.12. The van der Waals surface area contributed by atoms with E-state index in [-0.39, 0.29) is 5.41 Å². The predicted octanol–water partition coefficient (Wildman–Crippen LogP) is 2.34. The predicted molar refractivity (Wildman–Crippen MR) is 41.6 cm³/mol. The van der Waals surface area contributed by atoms with E-state index in [9.17, 15) is 0 Å². The van der Waals surface area contributed by atoms with Crippen LogP contribution in [0.15, 0.2) is 4.40 Å². The largest absolute Gasteiger partial charge is 0.229 e. The molecule has 0 heterocycles. The van der Waals surface area contributed by atoms with Crippen LogP contribution in [0, 0.1) is 5.41 Å². The van der Waals surface area contributed by atoms with E-state index >= 15 is 0 Å². The third-order valence-corrected chi connectivity index (χ3v) is 1.54. The van der Waals surface area contributed by atoms with Crippen molar-refractivity contribution >= 4 is 18.5 Å². The molecule has 0 aliphatic rings. The highest BCUT2D eigenvalue weighted by molar-refractivity contribution is 7.79. The molecule has 0 bridgehead atoms. The van der Waals surface area contributed by atoms with E-state index in [2.05, 4.69) is 38.0 Å². The van der Waals surface area contributed by atoms with Gasteiger partial charge in [0.05, 0.1) is 0 Å². The Morgan fingerprint density at radius 2 is 1.75 bits per heavy atom. The molecule has 0 amide bonds. The van der Waals surface area contributed by atoms with Crippen LogP contribution in [-0.2, 0) is 0 Å². The van der Waals surface area contributed by atoms with E-state index in [0.29, 0.717) is 0 Å². The molecule has 0 N–H and O–H groups in total. The lowest BCUT2D eigenvalue weighted by Crippen LogP contribution is -2.15. The van der Waals surface area contributed by atoms with E-state index in [4.69, 9.17) is 0 Å². The van der Waals surface area contributed by atoms with Crippen LogP contribution in [0.1, 0.15) is 27.7 Å². The number of hydrogen-bond acceptors (Lipinski definition) is 2. The molecule has 0 unspecified atom stereocenters. The minimum Gasteiger partial charge on any atom is -0.229 e. The summed E-state index contributed by atoms with van der Waals surface area (Å²) in [4.78, 5) is 0. The molecular weight excluding hydrogens is 118 g/mol. The van der Waals surface area contributed by atoms with Gasteiger partial charge in [0, 0.05) is 11.1 Å². The lowest BCUT2D eigenvalue weighted by Gasteiger charge is -2.15. The van der Waals surface area contributed by atoms with Crippen LogP contribution in [0.4, 0.5) is 0 Å². The molecule has 48 valence electrons. The summed E-state index contributed by atoms with van der Waals surface area (Å²) in [6.45, 7) is 8.32. The Labute approximate surface area is 56.7 Å². The maximum Gasteiger partial charge on any atom is 0.0281 e. The zero-order valence-electron chi connectivity index (χ0n) is 5.89. The Morgan fingerprint density at radius 3 is 1.75 bits per heavy atom. The van der Waals surface area contributed by atoms with Crippen molar-refractivity contribution in [3.05, 3.63) is 0 Å². The monoisotopic (exact) mass is 131 g/mol. The van der Waals surface area contributed by atoms with Crippen molar-refractivity contribution in [1.29, 1.82) is 0 Å². The zero-order valence-corrected chi connectivity index (χ0v) is 6.79. The molecule has 8 heavy (non-hydrogen) atoms. The van der Waals surface area contributed by atoms with Crippen molar-refractivity contribution in [2.45, 2.75) is 27.7 Å². The molecule has 0 fully saturated rings. The fourth-order valence-corrected chi connectivity index (χ4v) is 0.450. The van der Waals surface area contributed by atoms with Crippen LogP contribution in [0.3, 0.4) is 0 Å². The molecule has 0 aromatic heterocycles. The Morgan fingerprint density at radius 1 is 1.38 bits per heavy atom. The molecule has 2 heteroatoms. The van der Waals surface area contributed by atoms with E-state index in [1.54, 1.807) is 0 Å². The van der Waals surface area contributed by atoms with Gasteiger partial charge in [0.25, 0.3) is 0 Å². The van der Waals surface area contributed by atoms with Crippen LogP contribution in [-0.4, -0.2) is 5.71 Å². The van der Waals surface area contributed by atoms with E-state index in [1.165, 1.54) is 0 Å². The summed E-state index contributed by atoms with van der Waals surface area (Å²) in [5, 5.41) is 0. The van der Waals surface area contributed by atoms with Gasteiger partial charge < -0.3 is 0 Å². The molecule has 0 aromatic carbocycles. The summed E-state index contributed by atoms with van der Waals surface area (Å²) >= 11 is 3.80. The summed E-state index contributed by atoms with van der Waals surface area (Å²) in [7, 11) is 0. The first-order chi connectivity index (χ1) is 3.48. The maximum atomic E-state index is 3.80. The fraction of sp³-hybridized carbons (Fsp3) is 0.833. The summed E-state index contributed by atoms with van der Waals surface area (Å²) < 4.78 is 3.77. The van der Waals surface area contributed by atoms with Crippen LogP contribution in [0.25, 0.3) is 0 Å². The number of rotatable bonds is 0. The SMILES string of the molecule is CC(=NS)C(C)(C)C. The van der Waals surface area contributed by atoms with Gasteiger partial charge in [0.1, 0.15) is 0 Å². The smallest absolute Gasteiger partial charge is 0.0281 e. The van der Waals surface area contributed by atoms with Gasteiger partial charge >= 0.3 is 0 Å². The highest BCUT2D eigenvalue weighted by atomic mass is 32.1. The van der Waals surface area contributed by atoms with Gasteiger partial charge in [-0.05, 0) is 19.7 Å². The van der Waals surface area contributed by atoms with Crippen molar-refractivity contribution in [3.8, 4) is 0 Å². The standard InChI is InChI=1S/C6H13NS/c1-5(7-8)6(2,3)4/h8H,1-4H3. The molecule has 0 aliphatic heterocycles. The molecule has 0 spiro atoms. The van der Waals surface area contributed by atoms with Gasteiger partial charge in [-0.15, -0.1) is 0 Å². The Hall–Kier alpha value is 0.0200. The normalized spacial score (nSPS) is 14.4. The lowest BCUT2D eigenvalue weighted by atomic mass is 9.91. The van der Waals surface area contributed by atoms with Gasteiger partial charge in [-0.2, -0.15) is 0 Å². The summed E-state index contributed by atoms with van der Waals surface area (Å²) in [5.41, 5.74) is 1.25. The average Bonchev–Trinajstić information content (AvgIpc) is 1.62. The average molecular weight is 131 g/mol. The molecule has 0 radical (unpaired) electrons. The highest BCUT2D eigenvalue weighted by Crippen LogP contribution is 2.15. The van der Waals surface area contributed by atoms with Gasteiger partial charge in [-0.25, -0.2) is 4.40 Å². The Balaban J connectivity index is 4.03. The van der Waals surface area contributed by atoms with Crippen molar-refractivity contribution in [1.82, 2.24) is 0 Å². The van der Waals surface area contributed by atoms with Crippen LogP contribution in [0.2, 0.25) is 0 Å². The molecule has 0 aliphatic carbocycles. The van der Waals surface area contributed by atoms with Gasteiger partial charge in [0.15, 0.2) is 0 Å². The zero-order chi connectivity index (χ0) is 6.78. The van der Waals surface area contributed by atoms with Gasteiger partial charge in [-0.1, -0.05) is 20.8 Å². The van der Waals surface area contributed by atoms with Gasteiger partial charge in [-0.3, -0.25) is 0 Å². The third-order valence-electron chi connectivity index (χ3n) is 1.24. The van der Waals surface area contributed by atoms with E-state index < -0.39 is 0 Å². The summed E-state index contributed by atoms with van der Waals surface area (Å²) in [5.74, 6) is 0. The van der Waals surface area contributed by atoms with Crippen LogP contribution >= 0.6 is 12.8 Å². The molecular formula is C6H13NS. The first-order valence-corrected chi connectivity index (χ1v) is 3.07. The molecule has 0 aromatic rings. The first kappa shape index (κ1) is 8.02. The second-order valence-electron chi connectivity index (χ2n) is 2.94. The molecule has 0 atom stereocenters. The minimum absolute atomic E-state index is 0.182. The molecule has 1 nitrogen and oxygen atoms in total. The van der Waals surface area contributed by atoms with Crippen molar-refractivity contribution in [3.63, 3.8) is 0 Å².